The van der Waals surface area contributed by atoms with E-state index >= 15 is 0 Å². The number of aromatic nitrogens is 2. The van der Waals surface area contributed by atoms with Crippen LogP contribution in [-0.2, 0) is 6.61 Å². The van der Waals surface area contributed by atoms with E-state index in [0.717, 1.165) is 11.1 Å². The zero-order valence-corrected chi connectivity index (χ0v) is 17.0. The van der Waals surface area contributed by atoms with Crippen molar-refractivity contribution in [2.24, 2.45) is 0 Å². The van der Waals surface area contributed by atoms with Gasteiger partial charge in [0.1, 0.15) is 18.0 Å². The number of carbonyl (C=O) groups is 1. The van der Waals surface area contributed by atoms with Gasteiger partial charge in [0.2, 0.25) is 0 Å². The quantitative estimate of drug-likeness (QED) is 0.369. The maximum Gasteiger partial charge on any atom is 0.405 e. The first-order valence-corrected chi connectivity index (χ1v) is 9.82. The van der Waals surface area contributed by atoms with Gasteiger partial charge in [-0.3, -0.25) is 4.40 Å². The highest BCUT2D eigenvalue weighted by molar-refractivity contribution is 5.90. The number of benzene rings is 2. The van der Waals surface area contributed by atoms with Crippen molar-refractivity contribution in [2.45, 2.75) is 12.8 Å². The lowest BCUT2D eigenvalue weighted by Gasteiger charge is -2.12. The molecule has 170 valence electrons. The molecule has 0 saturated heterocycles. The fourth-order valence-electron chi connectivity index (χ4n) is 3.38. The minimum atomic E-state index is -4.53. The van der Waals surface area contributed by atoms with Crippen molar-refractivity contribution in [1.29, 1.82) is 0 Å². The Hall–Kier alpha value is -3.92. The van der Waals surface area contributed by atoms with E-state index in [-0.39, 0.29) is 18.1 Å². The molecule has 6 nitrogen and oxygen atoms in total. The molecule has 2 aromatic heterocycles. The van der Waals surface area contributed by atoms with Gasteiger partial charge < -0.3 is 15.7 Å². The average Bonchev–Trinajstić information content (AvgIpc) is 3.21. The van der Waals surface area contributed by atoms with Crippen molar-refractivity contribution in [3.63, 3.8) is 0 Å². The number of imidazole rings is 1. The average molecular weight is 458 g/mol. The number of fused-ring (bicyclic) bond motifs is 1. The summed E-state index contributed by atoms with van der Waals surface area (Å²) in [6.07, 6.45) is -1.14. The maximum atomic E-state index is 13.2. The molecular formula is C23H18F4N4O2. The van der Waals surface area contributed by atoms with Crippen LogP contribution in [0, 0.1) is 5.82 Å². The van der Waals surface area contributed by atoms with Gasteiger partial charge in [0.25, 0.3) is 0 Å². The van der Waals surface area contributed by atoms with E-state index in [1.54, 1.807) is 46.4 Å². The van der Waals surface area contributed by atoms with Gasteiger partial charge in [0, 0.05) is 17.4 Å². The van der Waals surface area contributed by atoms with Gasteiger partial charge in [-0.25, -0.2) is 14.2 Å². The number of aliphatic hydroxyl groups excluding tert-OH is 1. The van der Waals surface area contributed by atoms with Crippen molar-refractivity contribution in [3.05, 3.63) is 78.4 Å². The minimum Gasteiger partial charge on any atom is -0.392 e. The van der Waals surface area contributed by atoms with Crippen LogP contribution in [0.3, 0.4) is 0 Å². The Morgan fingerprint density at radius 3 is 2.45 bits per heavy atom. The van der Waals surface area contributed by atoms with E-state index in [0.29, 0.717) is 22.5 Å². The zero-order chi connectivity index (χ0) is 23.6. The Morgan fingerprint density at radius 2 is 1.76 bits per heavy atom. The largest absolute Gasteiger partial charge is 0.405 e. The molecule has 2 heterocycles. The summed E-state index contributed by atoms with van der Waals surface area (Å²) in [6.45, 7) is -1.80. The molecule has 0 aliphatic heterocycles. The highest BCUT2D eigenvalue weighted by Gasteiger charge is 2.27. The second kappa shape index (κ2) is 8.91. The third-order valence-electron chi connectivity index (χ3n) is 4.87. The van der Waals surface area contributed by atoms with Gasteiger partial charge in [0.15, 0.2) is 0 Å². The van der Waals surface area contributed by atoms with Crippen LogP contribution in [-0.4, -0.2) is 33.2 Å². The molecule has 0 atom stereocenters. The van der Waals surface area contributed by atoms with Crippen molar-refractivity contribution >= 4 is 17.4 Å². The van der Waals surface area contributed by atoms with E-state index in [1.807, 2.05) is 12.1 Å². The van der Waals surface area contributed by atoms with Crippen LogP contribution in [0.25, 0.3) is 28.0 Å². The van der Waals surface area contributed by atoms with Crippen LogP contribution in [0.2, 0.25) is 0 Å². The van der Waals surface area contributed by atoms with Crippen molar-refractivity contribution in [2.75, 3.05) is 11.9 Å². The lowest BCUT2D eigenvalue weighted by Crippen LogP contribution is -2.36. The summed E-state index contributed by atoms with van der Waals surface area (Å²) >= 11 is 0. The van der Waals surface area contributed by atoms with E-state index in [9.17, 15) is 27.5 Å². The molecule has 0 radical (unpaired) electrons. The summed E-state index contributed by atoms with van der Waals surface area (Å²) in [5, 5.41) is 13.7. The third kappa shape index (κ3) is 5.29. The smallest absolute Gasteiger partial charge is 0.392 e. The molecule has 10 heteroatoms. The van der Waals surface area contributed by atoms with Gasteiger partial charge in [-0.2, -0.15) is 13.2 Å². The molecule has 0 unspecified atom stereocenters. The summed E-state index contributed by atoms with van der Waals surface area (Å²) in [4.78, 5) is 16.2. The van der Waals surface area contributed by atoms with Crippen LogP contribution >= 0.6 is 0 Å². The Balaban J connectivity index is 1.64. The summed E-state index contributed by atoms with van der Waals surface area (Å²) < 4.78 is 52.0. The van der Waals surface area contributed by atoms with Crippen molar-refractivity contribution < 1.29 is 27.5 Å². The fraction of sp³-hybridized carbons (Fsp3) is 0.130. The van der Waals surface area contributed by atoms with E-state index in [2.05, 4.69) is 10.3 Å². The molecule has 0 fully saturated rings. The van der Waals surface area contributed by atoms with E-state index < -0.39 is 18.8 Å². The van der Waals surface area contributed by atoms with Crippen LogP contribution < -0.4 is 10.6 Å². The first-order valence-electron chi connectivity index (χ1n) is 9.82. The topological polar surface area (TPSA) is 78.7 Å². The van der Waals surface area contributed by atoms with Crippen LogP contribution in [0.15, 0.2) is 67.0 Å². The maximum absolute atomic E-state index is 13.2. The highest BCUT2D eigenvalue weighted by atomic mass is 19.4. The molecule has 3 N–H and O–H groups in total. The molecule has 0 spiro atoms. The minimum absolute atomic E-state index is 0.217. The van der Waals surface area contributed by atoms with Crippen LogP contribution in [0.1, 0.15) is 5.56 Å². The lowest BCUT2D eigenvalue weighted by molar-refractivity contribution is -0.122. The number of nitrogens with one attached hydrogen (secondary N) is 2. The number of carbonyl (C=O) groups excluding carboxylic acids is 1. The molecule has 0 saturated carbocycles. The number of aliphatic hydroxyl groups is 1. The molecule has 0 aliphatic rings. The SMILES string of the molecule is O=C(NCC(F)(F)F)Nc1cc(CO)cc(-c2cnc3cc(-c4ccc(F)cc4)ccn23)c1. The number of halogens is 4. The zero-order valence-electron chi connectivity index (χ0n) is 17.0. The molecule has 4 rings (SSSR count). The number of rotatable bonds is 5. The van der Waals surface area contributed by atoms with Crippen LogP contribution in [0.4, 0.5) is 28.0 Å². The predicted octanol–water partition coefficient (Wildman–Crippen LogP) is 4.98. The molecule has 0 aliphatic carbocycles. The number of nitrogens with zero attached hydrogens (tertiary/aromatic N) is 2. The second-order valence-corrected chi connectivity index (χ2v) is 7.29. The second-order valence-electron chi connectivity index (χ2n) is 7.29. The highest BCUT2D eigenvalue weighted by Crippen LogP contribution is 2.28. The Morgan fingerprint density at radius 1 is 1.00 bits per heavy atom. The summed E-state index contributed by atoms with van der Waals surface area (Å²) in [5.74, 6) is -0.330. The molecular weight excluding hydrogens is 440 g/mol. The normalized spacial score (nSPS) is 11.5. The summed E-state index contributed by atoms with van der Waals surface area (Å²) in [6, 6.07) is 13.4. The number of pyridine rings is 1. The first kappa shape index (κ1) is 22.3. The predicted molar refractivity (Wildman–Crippen MR) is 115 cm³/mol. The van der Waals surface area contributed by atoms with Gasteiger partial charge in [-0.15, -0.1) is 0 Å². The van der Waals surface area contributed by atoms with Gasteiger partial charge in [0.05, 0.1) is 18.5 Å². The third-order valence-corrected chi connectivity index (χ3v) is 4.87. The van der Waals surface area contributed by atoms with E-state index in [4.69, 9.17) is 0 Å². The fourth-order valence-corrected chi connectivity index (χ4v) is 3.38. The molecule has 33 heavy (non-hydrogen) atoms. The van der Waals surface area contributed by atoms with Crippen molar-refractivity contribution in [3.8, 4) is 22.4 Å². The number of anilines is 1. The van der Waals surface area contributed by atoms with Gasteiger partial charge in [-0.05, 0) is 59.2 Å². The Bertz CT molecular complexity index is 1300. The number of alkyl halides is 3. The Kier molecular flexibility index (Phi) is 6.01. The summed E-state index contributed by atoms with van der Waals surface area (Å²) in [5.41, 5.74) is 4.18. The number of amides is 2. The van der Waals surface area contributed by atoms with Gasteiger partial charge >= 0.3 is 12.2 Å². The van der Waals surface area contributed by atoms with Gasteiger partial charge in [-0.1, -0.05) is 12.1 Å². The first-order chi connectivity index (χ1) is 15.7. The van der Waals surface area contributed by atoms with Crippen LogP contribution in [0.5, 0.6) is 0 Å². The standard InChI is InChI=1S/C23H18F4N4O2/c24-18-3-1-15(2-4-18)16-5-6-31-20(11-28-21(31)10-16)17-7-14(12-32)8-19(9-17)30-22(33)29-13-23(25,26)27/h1-11,32H,12-13H2,(H2,29,30,33). The molecule has 4 aromatic rings. The monoisotopic (exact) mass is 458 g/mol. The summed E-state index contributed by atoms with van der Waals surface area (Å²) in [7, 11) is 0. The Labute approximate surface area is 185 Å². The molecule has 2 aromatic carbocycles. The number of hydrogen-bond donors (Lipinski definition) is 3. The molecule has 0 bridgehead atoms. The van der Waals surface area contributed by atoms with E-state index in [1.165, 1.54) is 18.2 Å². The van der Waals surface area contributed by atoms with Crippen molar-refractivity contribution in [1.82, 2.24) is 14.7 Å². The number of urea groups is 1. The lowest BCUT2D eigenvalue weighted by atomic mass is 10.1. The number of hydrogen-bond acceptors (Lipinski definition) is 3. The molecule has 2 amide bonds.